The molecule has 1 saturated heterocycles. The van der Waals surface area contributed by atoms with E-state index in [4.69, 9.17) is 15.5 Å². The Bertz CT molecular complexity index is 854. The second-order valence-electron chi connectivity index (χ2n) is 8.09. The number of rotatable bonds is 9. The minimum Gasteiger partial charge on any atom is -0.372 e. The van der Waals surface area contributed by atoms with Gasteiger partial charge in [-0.15, -0.1) is 0 Å². The summed E-state index contributed by atoms with van der Waals surface area (Å²) >= 11 is 0. The Labute approximate surface area is 185 Å². The number of guanidine groups is 1. The van der Waals surface area contributed by atoms with Gasteiger partial charge in [0.2, 0.25) is 5.91 Å². The minimum absolute atomic E-state index is 0.222. The van der Waals surface area contributed by atoms with E-state index in [0.717, 1.165) is 49.6 Å². The number of hydrogen-bond donors (Lipinski definition) is 2. The fourth-order valence-electron chi connectivity index (χ4n) is 3.98. The van der Waals surface area contributed by atoms with Gasteiger partial charge in [0.05, 0.1) is 19.8 Å². The zero-order chi connectivity index (χ0) is 21.9. The first-order valence-corrected chi connectivity index (χ1v) is 11.1. The molecule has 2 aromatic rings. The summed E-state index contributed by atoms with van der Waals surface area (Å²) in [5.74, 6) is 0.989. The molecular weight excluding hydrogens is 388 g/mol. The number of nitrogens with one attached hydrogen (secondary N) is 1. The van der Waals surface area contributed by atoms with Crippen molar-refractivity contribution in [1.29, 1.82) is 0 Å². The van der Waals surface area contributed by atoms with Crippen molar-refractivity contribution < 1.29 is 9.53 Å². The SMILES string of the molecule is CCNC(=NCc1cccc(COCc2ccccc2)c1)N1CCCC(CC(N)=O)C1. The monoisotopic (exact) mass is 422 g/mol. The summed E-state index contributed by atoms with van der Waals surface area (Å²) < 4.78 is 5.87. The number of hydrogen-bond acceptors (Lipinski definition) is 3. The Morgan fingerprint density at radius 1 is 1.13 bits per heavy atom. The summed E-state index contributed by atoms with van der Waals surface area (Å²) in [6, 6.07) is 18.6. The molecular formula is C25H34N4O2. The van der Waals surface area contributed by atoms with Gasteiger partial charge in [0, 0.05) is 26.1 Å². The van der Waals surface area contributed by atoms with E-state index in [-0.39, 0.29) is 5.91 Å². The Kier molecular flexibility index (Phi) is 8.91. The zero-order valence-electron chi connectivity index (χ0n) is 18.4. The predicted molar refractivity (Wildman–Crippen MR) is 124 cm³/mol. The first-order chi connectivity index (χ1) is 15.1. The van der Waals surface area contributed by atoms with Crippen LogP contribution in [0.1, 0.15) is 42.9 Å². The molecule has 1 unspecified atom stereocenters. The molecule has 1 heterocycles. The average molecular weight is 423 g/mol. The lowest BCUT2D eigenvalue weighted by Crippen LogP contribution is -2.47. The number of piperidine rings is 1. The van der Waals surface area contributed by atoms with E-state index in [1.54, 1.807) is 0 Å². The highest BCUT2D eigenvalue weighted by Crippen LogP contribution is 2.19. The highest BCUT2D eigenvalue weighted by molar-refractivity contribution is 5.80. The third-order valence-corrected chi connectivity index (χ3v) is 5.43. The molecule has 0 spiro atoms. The van der Waals surface area contributed by atoms with E-state index >= 15 is 0 Å². The molecule has 1 atom stereocenters. The third kappa shape index (κ3) is 7.72. The average Bonchev–Trinajstić information content (AvgIpc) is 2.77. The molecule has 0 bridgehead atoms. The summed E-state index contributed by atoms with van der Waals surface area (Å²) in [7, 11) is 0. The van der Waals surface area contributed by atoms with Crippen LogP contribution in [0.2, 0.25) is 0 Å². The van der Waals surface area contributed by atoms with Crippen molar-refractivity contribution in [2.24, 2.45) is 16.6 Å². The molecule has 0 saturated carbocycles. The van der Waals surface area contributed by atoms with E-state index in [1.165, 1.54) is 5.56 Å². The summed E-state index contributed by atoms with van der Waals surface area (Å²) in [5.41, 5.74) is 8.88. The number of carbonyl (C=O) groups excluding carboxylic acids is 1. The predicted octanol–water partition coefficient (Wildman–Crippen LogP) is 3.46. The van der Waals surface area contributed by atoms with Gasteiger partial charge in [-0.05, 0) is 42.4 Å². The molecule has 0 aromatic heterocycles. The third-order valence-electron chi connectivity index (χ3n) is 5.43. The summed E-state index contributed by atoms with van der Waals surface area (Å²) in [6.45, 7) is 6.44. The second kappa shape index (κ2) is 12.1. The molecule has 1 amide bonds. The second-order valence-corrected chi connectivity index (χ2v) is 8.09. The van der Waals surface area contributed by atoms with Crippen molar-refractivity contribution in [2.45, 2.75) is 45.9 Å². The highest BCUT2D eigenvalue weighted by atomic mass is 16.5. The number of ether oxygens (including phenoxy) is 1. The van der Waals surface area contributed by atoms with E-state index in [2.05, 4.69) is 53.5 Å². The molecule has 0 aliphatic carbocycles. The summed E-state index contributed by atoms with van der Waals surface area (Å²) in [6.07, 6.45) is 2.54. The van der Waals surface area contributed by atoms with Gasteiger partial charge in [-0.1, -0.05) is 54.6 Å². The van der Waals surface area contributed by atoms with Crippen molar-refractivity contribution in [3.8, 4) is 0 Å². The number of carbonyl (C=O) groups is 1. The van der Waals surface area contributed by atoms with Crippen molar-refractivity contribution >= 4 is 11.9 Å². The van der Waals surface area contributed by atoms with Crippen LogP contribution in [-0.2, 0) is 29.3 Å². The molecule has 0 radical (unpaired) electrons. The van der Waals surface area contributed by atoms with Crippen LogP contribution in [0.15, 0.2) is 59.6 Å². The number of aliphatic imine (C=N–C) groups is 1. The minimum atomic E-state index is -0.222. The van der Waals surface area contributed by atoms with Gasteiger partial charge < -0.3 is 20.7 Å². The van der Waals surface area contributed by atoms with E-state index in [9.17, 15) is 4.79 Å². The van der Waals surface area contributed by atoms with Crippen molar-refractivity contribution in [3.05, 3.63) is 71.3 Å². The summed E-state index contributed by atoms with van der Waals surface area (Å²) in [4.78, 5) is 18.4. The van der Waals surface area contributed by atoms with Crippen LogP contribution in [0.5, 0.6) is 0 Å². The molecule has 166 valence electrons. The standard InChI is InChI=1S/C25H34N4O2/c1-2-27-25(29-13-7-12-22(17-29)15-24(26)30)28-16-21-10-6-11-23(14-21)19-31-18-20-8-4-3-5-9-20/h3-6,8-11,14,22H,2,7,12-13,15-19H2,1H3,(H2,26,30)(H,27,28). The Balaban J connectivity index is 1.57. The van der Waals surface area contributed by atoms with Crippen LogP contribution in [0, 0.1) is 5.92 Å². The van der Waals surface area contributed by atoms with Crippen molar-refractivity contribution in [3.63, 3.8) is 0 Å². The van der Waals surface area contributed by atoms with Gasteiger partial charge in [0.1, 0.15) is 0 Å². The fraction of sp³-hybridized carbons (Fsp3) is 0.440. The number of likely N-dealkylation sites (tertiary alicyclic amines) is 1. The molecule has 3 rings (SSSR count). The topological polar surface area (TPSA) is 80.0 Å². The van der Waals surface area contributed by atoms with E-state index < -0.39 is 0 Å². The largest absolute Gasteiger partial charge is 0.372 e. The number of nitrogens with zero attached hydrogens (tertiary/aromatic N) is 2. The molecule has 6 heteroatoms. The van der Waals surface area contributed by atoms with Crippen LogP contribution in [0.4, 0.5) is 0 Å². The molecule has 1 aliphatic rings. The molecule has 2 aromatic carbocycles. The lowest BCUT2D eigenvalue weighted by molar-refractivity contribution is -0.119. The van der Waals surface area contributed by atoms with Crippen molar-refractivity contribution in [2.75, 3.05) is 19.6 Å². The smallest absolute Gasteiger partial charge is 0.217 e. The van der Waals surface area contributed by atoms with E-state index in [1.807, 2.05) is 18.2 Å². The van der Waals surface area contributed by atoms with Gasteiger partial charge in [-0.25, -0.2) is 4.99 Å². The Morgan fingerprint density at radius 2 is 1.87 bits per heavy atom. The first kappa shape index (κ1) is 22.8. The maximum absolute atomic E-state index is 11.3. The number of benzene rings is 2. The Morgan fingerprint density at radius 3 is 2.65 bits per heavy atom. The molecule has 31 heavy (non-hydrogen) atoms. The van der Waals surface area contributed by atoms with Gasteiger partial charge in [0.15, 0.2) is 5.96 Å². The summed E-state index contributed by atoms with van der Waals surface area (Å²) in [5, 5.41) is 3.40. The van der Waals surface area contributed by atoms with Crippen LogP contribution in [0.3, 0.4) is 0 Å². The fourth-order valence-corrected chi connectivity index (χ4v) is 3.98. The van der Waals surface area contributed by atoms with Gasteiger partial charge in [-0.2, -0.15) is 0 Å². The van der Waals surface area contributed by atoms with Crippen LogP contribution >= 0.6 is 0 Å². The van der Waals surface area contributed by atoms with Crippen LogP contribution < -0.4 is 11.1 Å². The number of amides is 1. The zero-order valence-corrected chi connectivity index (χ0v) is 18.4. The Hall–Kier alpha value is -2.86. The van der Waals surface area contributed by atoms with Crippen LogP contribution in [-0.4, -0.2) is 36.4 Å². The highest BCUT2D eigenvalue weighted by Gasteiger charge is 2.23. The molecule has 6 nitrogen and oxygen atoms in total. The normalized spacial score (nSPS) is 16.9. The van der Waals surface area contributed by atoms with Gasteiger partial charge in [0.25, 0.3) is 0 Å². The maximum atomic E-state index is 11.3. The number of primary amides is 1. The first-order valence-electron chi connectivity index (χ1n) is 11.1. The maximum Gasteiger partial charge on any atom is 0.217 e. The van der Waals surface area contributed by atoms with Gasteiger partial charge >= 0.3 is 0 Å². The molecule has 3 N–H and O–H groups in total. The molecule has 1 fully saturated rings. The quantitative estimate of drug-likeness (QED) is 0.479. The van der Waals surface area contributed by atoms with Crippen LogP contribution in [0.25, 0.3) is 0 Å². The lowest BCUT2D eigenvalue weighted by atomic mass is 9.95. The van der Waals surface area contributed by atoms with E-state index in [0.29, 0.717) is 32.1 Å². The lowest BCUT2D eigenvalue weighted by Gasteiger charge is -2.34. The van der Waals surface area contributed by atoms with Crippen molar-refractivity contribution in [1.82, 2.24) is 10.2 Å². The van der Waals surface area contributed by atoms with Gasteiger partial charge in [-0.3, -0.25) is 4.79 Å². The number of nitrogens with two attached hydrogens (primary N) is 1. The molecule has 1 aliphatic heterocycles.